The number of nitrogens with zero attached hydrogens (tertiary/aromatic N) is 3. The van der Waals surface area contributed by atoms with Gasteiger partial charge in [-0.15, -0.1) is 0 Å². The number of anilines is 1. The van der Waals surface area contributed by atoms with Crippen molar-refractivity contribution in [3.05, 3.63) is 50.0 Å². The van der Waals surface area contributed by atoms with Crippen molar-refractivity contribution >= 4 is 62.5 Å². The summed E-state index contributed by atoms with van der Waals surface area (Å²) in [4.78, 5) is 20.7. The van der Waals surface area contributed by atoms with Gasteiger partial charge in [-0.25, -0.2) is 4.98 Å². The standard InChI is InChI=1S/C17H15BrCl3N3O2/c18-11-1-2-16(22-9-11)23-3-5-24(6-4-23)17(25)10-26-15-8-13(20)12(19)7-14(15)21/h1-2,7-9H,3-6,10H2. The SMILES string of the molecule is O=C(COc1cc(Cl)c(Cl)cc1Cl)N1CCN(c2ccc(Br)cn2)CC1. The number of hydrogen-bond donors (Lipinski definition) is 0. The van der Waals surface area contributed by atoms with Gasteiger partial charge in [-0.3, -0.25) is 4.79 Å². The van der Waals surface area contributed by atoms with E-state index in [-0.39, 0.29) is 12.5 Å². The van der Waals surface area contributed by atoms with Gasteiger partial charge in [0, 0.05) is 42.9 Å². The second-order valence-electron chi connectivity index (χ2n) is 5.69. The summed E-state index contributed by atoms with van der Waals surface area (Å²) < 4.78 is 6.45. The van der Waals surface area contributed by atoms with Crippen LogP contribution in [0.3, 0.4) is 0 Å². The number of carbonyl (C=O) groups excluding carboxylic acids is 1. The third kappa shape index (κ3) is 4.74. The van der Waals surface area contributed by atoms with E-state index in [4.69, 9.17) is 39.5 Å². The molecule has 1 aliphatic rings. The molecule has 2 heterocycles. The first kappa shape index (κ1) is 19.5. The highest BCUT2D eigenvalue weighted by Crippen LogP contribution is 2.33. The van der Waals surface area contributed by atoms with Crippen LogP contribution in [0.25, 0.3) is 0 Å². The molecule has 26 heavy (non-hydrogen) atoms. The summed E-state index contributed by atoms with van der Waals surface area (Å²) in [6, 6.07) is 6.91. The van der Waals surface area contributed by atoms with Crippen molar-refractivity contribution in [3.63, 3.8) is 0 Å². The second-order valence-corrected chi connectivity index (χ2v) is 7.83. The van der Waals surface area contributed by atoms with Gasteiger partial charge in [0.05, 0.1) is 15.1 Å². The summed E-state index contributed by atoms with van der Waals surface area (Å²) in [6.07, 6.45) is 1.77. The van der Waals surface area contributed by atoms with Gasteiger partial charge in [0.2, 0.25) is 0 Å². The molecule has 1 aromatic carbocycles. The average Bonchev–Trinajstić information content (AvgIpc) is 2.64. The number of aromatic nitrogens is 1. The van der Waals surface area contributed by atoms with E-state index in [1.807, 2.05) is 12.1 Å². The molecule has 0 bridgehead atoms. The molecular formula is C17H15BrCl3N3O2. The maximum absolute atomic E-state index is 12.4. The van der Waals surface area contributed by atoms with Crippen LogP contribution in [0.15, 0.2) is 34.9 Å². The molecule has 1 amide bonds. The maximum atomic E-state index is 12.4. The van der Waals surface area contributed by atoms with Crippen molar-refractivity contribution < 1.29 is 9.53 Å². The van der Waals surface area contributed by atoms with Gasteiger partial charge in [0.15, 0.2) is 6.61 Å². The minimum absolute atomic E-state index is 0.101. The lowest BCUT2D eigenvalue weighted by atomic mass is 10.3. The summed E-state index contributed by atoms with van der Waals surface area (Å²) in [5.74, 6) is 1.14. The Balaban J connectivity index is 1.52. The Kier molecular flexibility index (Phi) is 6.51. The molecule has 138 valence electrons. The van der Waals surface area contributed by atoms with E-state index in [0.717, 1.165) is 10.3 Å². The first-order valence-corrected chi connectivity index (χ1v) is 9.78. The van der Waals surface area contributed by atoms with Crippen molar-refractivity contribution in [2.24, 2.45) is 0 Å². The lowest BCUT2D eigenvalue weighted by Crippen LogP contribution is -2.50. The fraction of sp³-hybridized carbons (Fsp3) is 0.294. The molecule has 0 N–H and O–H groups in total. The Morgan fingerprint density at radius 2 is 1.77 bits per heavy atom. The molecule has 1 fully saturated rings. The third-order valence-corrected chi connectivity index (χ3v) is 5.48. The predicted molar refractivity (Wildman–Crippen MR) is 108 cm³/mol. The number of pyridine rings is 1. The van der Waals surface area contributed by atoms with Gasteiger partial charge in [0.1, 0.15) is 11.6 Å². The van der Waals surface area contributed by atoms with Crippen LogP contribution < -0.4 is 9.64 Å². The van der Waals surface area contributed by atoms with Crippen LogP contribution in [0, 0.1) is 0 Å². The summed E-state index contributed by atoms with van der Waals surface area (Å²) in [7, 11) is 0. The number of rotatable bonds is 4. The van der Waals surface area contributed by atoms with E-state index in [9.17, 15) is 4.79 Å². The number of carbonyl (C=O) groups is 1. The van der Waals surface area contributed by atoms with Crippen LogP contribution in [-0.4, -0.2) is 48.6 Å². The highest BCUT2D eigenvalue weighted by molar-refractivity contribution is 9.10. The van der Waals surface area contributed by atoms with Crippen LogP contribution in [0.5, 0.6) is 5.75 Å². The Labute approximate surface area is 174 Å². The number of ether oxygens (including phenoxy) is 1. The Hall–Kier alpha value is -1.21. The van der Waals surface area contributed by atoms with Crippen molar-refractivity contribution in [1.82, 2.24) is 9.88 Å². The molecule has 2 aromatic rings. The summed E-state index contributed by atoms with van der Waals surface area (Å²) in [6.45, 7) is 2.54. The van der Waals surface area contributed by atoms with Gasteiger partial charge in [-0.1, -0.05) is 34.8 Å². The Morgan fingerprint density at radius 3 is 2.42 bits per heavy atom. The zero-order valence-corrected chi connectivity index (χ0v) is 17.4. The van der Waals surface area contributed by atoms with Crippen LogP contribution in [0.2, 0.25) is 15.1 Å². The van der Waals surface area contributed by atoms with E-state index in [1.54, 1.807) is 11.1 Å². The predicted octanol–water partition coefficient (Wildman–Crippen LogP) is 4.53. The lowest BCUT2D eigenvalue weighted by Gasteiger charge is -2.35. The molecule has 1 saturated heterocycles. The highest BCUT2D eigenvalue weighted by Gasteiger charge is 2.22. The first-order chi connectivity index (χ1) is 12.4. The third-order valence-electron chi connectivity index (χ3n) is 3.99. The zero-order valence-electron chi connectivity index (χ0n) is 13.6. The van der Waals surface area contributed by atoms with Crippen molar-refractivity contribution in [1.29, 1.82) is 0 Å². The Bertz CT molecular complexity index is 797. The molecule has 0 atom stereocenters. The lowest BCUT2D eigenvalue weighted by molar-refractivity contribution is -0.133. The van der Waals surface area contributed by atoms with Crippen LogP contribution in [0.1, 0.15) is 0 Å². The maximum Gasteiger partial charge on any atom is 0.260 e. The smallest absolute Gasteiger partial charge is 0.260 e. The van der Waals surface area contributed by atoms with Crippen LogP contribution in [-0.2, 0) is 4.79 Å². The highest BCUT2D eigenvalue weighted by atomic mass is 79.9. The molecule has 1 aliphatic heterocycles. The second kappa shape index (κ2) is 8.65. The Morgan fingerprint density at radius 1 is 1.08 bits per heavy atom. The monoisotopic (exact) mass is 477 g/mol. The minimum atomic E-state index is -0.103. The molecule has 9 heteroatoms. The van der Waals surface area contributed by atoms with Crippen molar-refractivity contribution in [2.45, 2.75) is 0 Å². The topological polar surface area (TPSA) is 45.7 Å². The molecule has 0 unspecified atom stereocenters. The van der Waals surface area contributed by atoms with E-state index in [0.29, 0.717) is 47.0 Å². The van der Waals surface area contributed by atoms with Crippen LogP contribution >= 0.6 is 50.7 Å². The molecular weight excluding hydrogens is 464 g/mol. The number of amides is 1. The summed E-state index contributed by atoms with van der Waals surface area (Å²) in [5, 5.41) is 0.987. The average molecular weight is 480 g/mol. The van der Waals surface area contributed by atoms with E-state index in [1.165, 1.54) is 12.1 Å². The quantitative estimate of drug-likeness (QED) is 0.605. The molecule has 1 aromatic heterocycles. The molecule has 0 saturated carbocycles. The molecule has 0 radical (unpaired) electrons. The molecule has 3 rings (SSSR count). The van der Waals surface area contributed by atoms with Crippen molar-refractivity contribution in [2.75, 3.05) is 37.7 Å². The number of piperazine rings is 1. The molecule has 0 spiro atoms. The summed E-state index contributed by atoms with van der Waals surface area (Å²) in [5.41, 5.74) is 0. The van der Waals surface area contributed by atoms with E-state index >= 15 is 0 Å². The van der Waals surface area contributed by atoms with E-state index < -0.39 is 0 Å². The van der Waals surface area contributed by atoms with Crippen molar-refractivity contribution in [3.8, 4) is 5.75 Å². The number of benzene rings is 1. The summed E-state index contributed by atoms with van der Waals surface area (Å²) >= 11 is 21.3. The largest absolute Gasteiger partial charge is 0.482 e. The van der Waals surface area contributed by atoms with Gasteiger partial charge < -0.3 is 14.5 Å². The minimum Gasteiger partial charge on any atom is -0.482 e. The normalized spacial score (nSPS) is 14.5. The van der Waals surface area contributed by atoms with Gasteiger partial charge >= 0.3 is 0 Å². The van der Waals surface area contributed by atoms with E-state index in [2.05, 4.69) is 25.8 Å². The molecule has 5 nitrogen and oxygen atoms in total. The fourth-order valence-electron chi connectivity index (χ4n) is 2.59. The zero-order chi connectivity index (χ0) is 18.7. The van der Waals surface area contributed by atoms with Gasteiger partial charge in [-0.05, 0) is 34.1 Å². The number of hydrogen-bond acceptors (Lipinski definition) is 4. The van der Waals surface area contributed by atoms with Crippen LogP contribution in [0.4, 0.5) is 5.82 Å². The number of halogens is 4. The van der Waals surface area contributed by atoms with Gasteiger partial charge in [-0.2, -0.15) is 0 Å². The fourth-order valence-corrected chi connectivity index (χ4v) is 3.41. The molecule has 0 aliphatic carbocycles. The first-order valence-electron chi connectivity index (χ1n) is 7.85. The van der Waals surface area contributed by atoms with Gasteiger partial charge in [0.25, 0.3) is 5.91 Å².